The SMILES string of the molecule is COC(=O)CC1CCCCN1Cc1cc(C)nn1C. The molecule has 0 radical (unpaired) electrons. The van der Waals surface area contributed by atoms with Crippen LogP contribution in [-0.4, -0.2) is 40.3 Å². The minimum atomic E-state index is -0.113. The molecule has 0 saturated carbocycles. The molecule has 1 saturated heterocycles. The van der Waals surface area contributed by atoms with Crippen molar-refractivity contribution in [1.29, 1.82) is 0 Å². The molecular formula is C14H23N3O2. The van der Waals surface area contributed by atoms with Crippen LogP contribution in [0.3, 0.4) is 0 Å². The first-order chi connectivity index (χ1) is 9.10. The highest BCUT2D eigenvalue weighted by Crippen LogP contribution is 2.22. The van der Waals surface area contributed by atoms with Crippen molar-refractivity contribution in [2.45, 2.75) is 45.2 Å². The standard InChI is InChI=1S/C14H23N3O2/c1-11-8-13(16(2)15-11)10-17-7-5-4-6-12(17)9-14(18)19-3/h8,12H,4-7,9-10H2,1-3H3. The fourth-order valence-electron chi connectivity index (χ4n) is 2.80. The highest BCUT2D eigenvalue weighted by molar-refractivity contribution is 5.69. The van der Waals surface area contributed by atoms with Crippen molar-refractivity contribution in [2.75, 3.05) is 13.7 Å². The van der Waals surface area contributed by atoms with Gasteiger partial charge in [0.15, 0.2) is 0 Å². The molecule has 1 aromatic rings. The van der Waals surface area contributed by atoms with Gasteiger partial charge in [-0.1, -0.05) is 6.42 Å². The van der Waals surface area contributed by atoms with E-state index >= 15 is 0 Å². The molecule has 0 bridgehead atoms. The Kier molecular flexibility index (Phi) is 4.58. The van der Waals surface area contributed by atoms with Gasteiger partial charge in [-0.2, -0.15) is 5.10 Å². The molecule has 0 amide bonds. The molecule has 0 aliphatic carbocycles. The first-order valence-corrected chi connectivity index (χ1v) is 6.90. The molecule has 0 spiro atoms. The number of rotatable bonds is 4. The predicted molar refractivity (Wildman–Crippen MR) is 72.6 cm³/mol. The Labute approximate surface area is 114 Å². The summed E-state index contributed by atoms with van der Waals surface area (Å²) in [7, 11) is 3.43. The maximum absolute atomic E-state index is 11.5. The van der Waals surface area contributed by atoms with Crippen LogP contribution in [0.15, 0.2) is 6.07 Å². The molecule has 1 atom stereocenters. The summed E-state index contributed by atoms with van der Waals surface area (Å²) in [4.78, 5) is 13.9. The van der Waals surface area contributed by atoms with Crippen LogP contribution in [0, 0.1) is 6.92 Å². The number of carbonyl (C=O) groups excluding carboxylic acids is 1. The van der Waals surface area contributed by atoms with E-state index in [9.17, 15) is 4.79 Å². The van der Waals surface area contributed by atoms with Gasteiger partial charge in [-0.25, -0.2) is 0 Å². The van der Waals surface area contributed by atoms with E-state index < -0.39 is 0 Å². The molecule has 19 heavy (non-hydrogen) atoms. The molecule has 1 fully saturated rings. The van der Waals surface area contributed by atoms with Gasteiger partial charge in [-0.15, -0.1) is 0 Å². The second kappa shape index (κ2) is 6.19. The van der Waals surface area contributed by atoms with Crippen LogP contribution in [0.25, 0.3) is 0 Å². The number of aryl methyl sites for hydroxylation is 2. The first kappa shape index (κ1) is 14.1. The van der Waals surface area contributed by atoms with Crippen molar-refractivity contribution in [3.63, 3.8) is 0 Å². The lowest BCUT2D eigenvalue weighted by molar-refractivity contribution is -0.142. The second-order valence-electron chi connectivity index (χ2n) is 5.30. The van der Waals surface area contributed by atoms with Crippen LogP contribution >= 0.6 is 0 Å². The lowest BCUT2D eigenvalue weighted by Gasteiger charge is -2.35. The summed E-state index contributed by atoms with van der Waals surface area (Å²) < 4.78 is 6.73. The van der Waals surface area contributed by atoms with Gasteiger partial charge in [-0.05, 0) is 32.4 Å². The lowest BCUT2D eigenvalue weighted by atomic mass is 9.99. The van der Waals surface area contributed by atoms with E-state index in [4.69, 9.17) is 4.74 Å². The largest absolute Gasteiger partial charge is 0.469 e. The third-order valence-corrected chi connectivity index (χ3v) is 3.84. The zero-order chi connectivity index (χ0) is 13.8. The molecule has 2 rings (SSSR count). The molecule has 106 valence electrons. The Morgan fingerprint density at radius 3 is 2.95 bits per heavy atom. The van der Waals surface area contributed by atoms with Gasteiger partial charge in [0.05, 0.1) is 24.9 Å². The molecular weight excluding hydrogens is 242 g/mol. The van der Waals surface area contributed by atoms with E-state index in [0.29, 0.717) is 12.5 Å². The monoisotopic (exact) mass is 265 g/mol. The molecule has 1 unspecified atom stereocenters. The van der Waals surface area contributed by atoms with Crippen molar-refractivity contribution >= 4 is 5.97 Å². The van der Waals surface area contributed by atoms with Crippen molar-refractivity contribution in [3.05, 3.63) is 17.5 Å². The van der Waals surface area contributed by atoms with Gasteiger partial charge in [0.1, 0.15) is 0 Å². The number of hydrogen-bond acceptors (Lipinski definition) is 4. The van der Waals surface area contributed by atoms with E-state index in [1.54, 1.807) is 0 Å². The number of carbonyl (C=O) groups is 1. The molecule has 1 aliphatic rings. The molecule has 0 N–H and O–H groups in total. The Hall–Kier alpha value is -1.36. The fraction of sp³-hybridized carbons (Fsp3) is 0.714. The highest BCUT2D eigenvalue weighted by Gasteiger charge is 2.25. The Morgan fingerprint density at radius 2 is 2.32 bits per heavy atom. The second-order valence-corrected chi connectivity index (χ2v) is 5.30. The van der Waals surface area contributed by atoms with E-state index in [2.05, 4.69) is 16.1 Å². The molecule has 5 nitrogen and oxygen atoms in total. The molecule has 0 aromatic carbocycles. The van der Waals surface area contributed by atoms with Crippen LogP contribution < -0.4 is 0 Å². The molecule has 1 aromatic heterocycles. The minimum Gasteiger partial charge on any atom is -0.469 e. The van der Waals surface area contributed by atoms with Gasteiger partial charge >= 0.3 is 5.97 Å². The van der Waals surface area contributed by atoms with E-state index in [1.807, 2.05) is 18.7 Å². The summed E-state index contributed by atoms with van der Waals surface area (Å²) in [6, 6.07) is 2.42. The summed E-state index contributed by atoms with van der Waals surface area (Å²) >= 11 is 0. The summed E-state index contributed by atoms with van der Waals surface area (Å²) in [5, 5.41) is 4.38. The number of nitrogens with zero attached hydrogens (tertiary/aromatic N) is 3. The van der Waals surface area contributed by atoms with E-state index in [1.165, 1.54) is 25.6 Å². The van der Waals surface area contributed by atoms with Gasteiger partial charge in [0, 0.05) is 19.6 Å². The molecule has 1 aliphatic heterocycles. The maximum Gasteiger partial charge on any atom is 0.307 e. The summed E-state index contributed by atoms with van der Waals surface area (Å²) in [5.41, 5.74) is 2.24. The molecule has 2 heterocycles. The third kappa shape index (κ3) is 3.56. The first-order valence-electron chi connectivity index (χ1n) is 6.90. The van der Waals surface area contributed by atoms with Gasteiger partial charge in [0.25, 0.3) is 0 Å². The number of hydrogen-bond donors (Lipinski definition) is 0. The van der Waals surface area contributed by atoms with E-state index in [-0.39, 0.29) is 5.97 Å². The number of piperidine rings is 1. The lowest BCUT2D eigenvalue weighted by Crippen LogP contribution is -2.40. The molecule has 5 heteroatoms. The van der Waals surface area contributed by atoms with Crippen LogP contribution in [0.1, 0.15) is 37.1 Å². The summed E-state index contributed by atoms with van der Waals surface area (Å²) in [5.74, 6) is -0.113. The predicted octanol–water partition coefficient (Wildman–Crippen LogP) is 1.65. The zero-order valence-corrected chi connectivity index (χ0v) is 12.1. The average molecular weight is 265 g/mol. The number of esters is 1. The van der Waals surface area contributed by atoms with Gasteiger partial charge in [0.2, 0.25) is 0 Å². The number of methoxy groups -OCH3 is 1. The smallest absolute Gasteiger partial charge is 0.307 e. The van der Waals surface area contributed by atoms with Crippen molar-refractivity contribution < 1.29 is 9.53 Å². The normalized spacial score (nSPS) is 20.5. The van der Waals surface area contributed by atoms with Crippen LogP contribution in [0.5, 0.6) is 0 Å². The van der Waals surface area contributed by atoms with Crippen molar-refractivity contribution in [1.82, 2.24) is 14.7 Å². The van der Waals surface area contributed by atoms with Gasteiger partial charge in [-0.3, -0.25) is 14.4 Å². The topological polar surface area (TPSA) is 47.4 Å². The third-order valence-electron chi connectivity index (χ3n) is 3.84. The fourth-order valence-corrected chi connectivity index (χ4v) is 2.80. The Balaban J connectivity index is 2.03. The van der Waals surface area contributed by atoms with E-state index in [0.717, 1.165) is 25.2 Å². The number of ether oxygens (including phenoxy) is 1. The maximum atomic E-state index is 11.5. The summed E-state index contributed by atoms with van der Waals surface area (Å²) in [6.45, 7) is 3.91. The zero-order valence-electron chi connectivity index (χ0n) is 12.1. The summed E-state index contributed by atoms with van der Waals surface area (Å²) in [6.07, 6.45) is 3.97. The number of aromatic nitrogens is 2. The number of likely N-dealkylation sites (tertiary alicyclic amines) is 1. The minimum absolute atomic E-state index is 0.113. The Morgan fingerprint density at radius 1 is 1.53 bits per heavy atom. The van der Waals surface area contributed by atoms with Gasteiger partial charge < -0.3 is 4.74 Å². The van der Waals surface area contributed by atoms with Crippen molar-refractivity contribution in [2.24, 2.45) is 7.05 Å². The van der Waals surface area contributed by atoms with Crippen LogP contribution in [0.2, 0.25) is 0 Å². The average Bonchev–Trinajstić information content (AvgIpc) is 2.70. The van der Waals surface area contributed by atoms with Crippen LogP contribution in [0.4, 0.5) is 0 Å². The highest BCUT2D eigenvalue weighted by atomic mass is 16.5. The Bertz CT molecular complexity index is 442. The van der Waals surface area contributed by atoms with Crippen LogP contribution in [-0.2, 0) is 23.1 Å². The quantitative estimate of drug-likeness (QED) is 0.777. The van der Waals surface area contributed by atoms with Crippen molar-refractivity contribution in [3.8, 4) is 0 Å².